The summed E-state index contributed by atoms with van der Waals surface area (Å²) in [6.45, 7) is 0. The van der Waals surface area contributed by atoms with Gasteiger partial charge in [0, 0.05) is 16.7 Å². The Hall–Kier alpha value is -2.78. The number of nitrogens with one attached hydrogen (secondary N) is 1. The number of nitro groups is 1. The summed E-state index contributed by atoms with van der Waals surface area (Å²) in [6.07, 6.45) is 0. The summed E-state index contributed by atoms with van der Waals surface area (Å²) in [6, 6.07) is 18.0. The fourth-order valence-electron chi connectivity index (χ4n) is 2.95. The maximum atomic E-state index is 13.0. The van der Waals surface area contributed by atoms with Gasteiger partial charge in [0.25, 0.3) is 5.69 Å². The van der Waals surface area contributed by atoms with Crippen LogP contribution in [0.3, 0.4) is 0 Å². The van der Waals surface area contributed by atoms with E-state index < -0.39 is 42.7 Å². The van der Waals surface area contributed by atoms with Gasteiger partial charge in [-0.3, -0.25) is 14.9 Å². The molecule has 0 aliphatic carbocycles. The van der Waals surface area contributed by atoms with Crippen molar-refractivity contribution >= 4 is 44.7 Å². The molecular weight excluding hydrogens is 463 g/mol. The summed E-state index contributed by atoms with van der Waals surface area (Å²) in [4.78, 5) is 22.9. The topological polar surface area (TPSA) is 106 Å². The maximum Gasteiger partial charge on any atom is 0.289 e. The minimum absolute atomic E-state index is 0.246. The zero-order valence-electron chi connectivity index (χ0n) is 15.8. The number of ketones is 1. The summed E-state index contributed by atoms with van der Waals surface area (Å²) < 4.78 is 28.5. The third-order valence-corrected chi connectivity index (χ3v) is 6.65. The van der Waals surface area contributed by atoms with Gasteiger partial charge in [0.1, 0.15) is 5.38 Å². The first-order valence-corrected chi connectivity index (χ1v) is 11.2. The van der Waals surface area contributed by atoms with E-state index in [4.69, 9.17) is 23.2 Å². The first-order chi connectivity index (χ1) is 14.7. The number of nitrogens with zero attached hydrogens (tertiary/aromatic N) is 1. The lowest BCUT2D eigenvalue weighted by atomic mass is 9.98. The van der Waals surface area contributed by atoms with Crippen LogP contribution in [0.5, 0.6) is 0 Å². The van der Waals surface area contributed by atoms with Gasteiger partial charge in [0.2, 0.25) is 10.0 Å². The second-order valence-electron chi connectivity index (χ2n) is 6.51. The van der Waals surface area contributed by atoms with Crippen molar-refractivity contribution < 1.29 is 18.1 Å². The number of benzene rings is 3. The van der Waals surface area contributed by atoms with Gasteiger partial charge in [-0.25, -0.2) is 13.1 Å². The lowest BCUT2D eigenvalue weighted by Gasteiger charge is -2.23. The van der Waals surface area contributed by atoms with E-state index in [1.54, 1.807) is 30.3 Å². The highest BCUT2D eigenvalue weighted by Crippen LogP contribution is 2.29. The number of nitro benzene ring substituents is 1. The van der Waals surface area contributed by atoms with E-state index in [0.717, 1.165) is 12.1 Å². The van der Waals surface area contributed by atoms with Crippen LogP contribution in [-0.2, 0) is 10.0 Å². The summed E-state index contributed by atoms with van der Waals surface area (Å²) >= 11 is 12.3. The van der Waals surface area contributed by atoms with Crippen molar-refractivity contribution in [1.82, 2.24) is 4.72 Å². The van der Waals surface area contributed by atoms with Crippen molar-refractivity contribution in [2.24, 2.45) is 0 Å². The van der Waals surface area contributed by atoms with Gasteiger partial charge in [-0.15, -0.1) is 11.6 Å². The summed E-state index contributed by atoms with van der Waals surface area (Å²) in [5, 5.41) is 10.4. The second-order valence-corrected chi connectivity index (χ2v) is 9.10. The van der Waals surface area contributed by atoms with Crippen molar-refractivity contribution in [2.45, 2.75) is 16.3 Å². The van der Waals surface area contributed by atoms with E-state index in [1.165, 1.54) is 36.4 Å². The van der Waals surface area contributed by atoms with Crippen LogP contribution < -0.4 is 4.72 Å². The fraction of sp³-hybridized carbons (Fsp3) is 0.0952. The van der Waals surface area contributed by atoms with E-state index >= 15 is 0 Å². The van der Waals surface area contributed by atoms with Crippen LogP contribution in [0.4, 0.5) is 5.69 Å². The van der Waals surface area contributed by atoms with Crippen LogP contribution in [0.15, 0.2) is 83.8 Å². The van der Waals surface area contributed by atoms with Gasteiger partial charge in [-0.1, -0.05) is 54.1 Å². The van der Waals surface area contributed by atoms with Crippen LogP contribution in [0.2, 0.25) is 5.02 Å². The van der Waals surface area contributed by atoms with E-state index in [0.29, 0.717) is 10.6 Å². The molecule has 3 rings (SSSR count). The molecule has 0 unspecified atom stereocenters. The van der Waals surface area contributed by atoms with Gasteiger partial charge in [-0.05, 0) is 35.9 Å². The Kier molecular flexibility index (Phi) is 7.07. The van der Waals surface area contributed by atoms with Crippen molar-refractivity contribution in [3.8, 4) is 0 Å². The molecule has 3 aromatic carbocycles. The number of hydrogen-bond acceptors (Lipinski definition) is 5. The van der Waals surface area contributed by atoms with E-state index in [2.05, 4.69) is 4.72 Å². The van der Waals surface area contributed by atoms with E-state index in [1.807, 2.05) is 0 Å². The lowest BCUT2D eigenvalue weighted by molar-refractivity contribution is -0.387. The van der Waals surface area contributed by atoms with Crippen LogP contribution >= 0.6 is 23.2 Å². The molecule has 0 amide bonds. The van der Waals surface area contributed by atoms with Gasteiger partial charge < -0.3 is 0 Å². The third-order valence-electron chi connectivity index (χ3n) is 4.46. The number of Topliss-reactive ketones (excluding diaryl/α,β-unsaturated/α-hetero) is 1. The Morgan fingerprint density at radius 3 is 2.13 bits per heavy atom. The molecule has 0 radical (unpaired) electrons. The quantitative estimate of drug-likeness (QED) is 0.217. The molecule has 10 heteroatoms. The number of halogens is 2. The van der Waals surface area contributed by atoms with Crippen molar-refractivity contribution in [2.75, 3.05) is 0 Å². The molecule has 31 heavy (non-hydrogen) atoms. The van der Waals surface area contributed by atoms with Gasteiger partial charge in [0.05, 0.1) is 11.0 Å². The lowest BCUT2D eigenvalue weighted by Crippen LogP contribution is -2.38. The highest BCUT2D eigenvalue weighted by molar-refractivity contribution is 7.89. The third kappa shape index (κ3) is 5.29. The Labute approximate surface area is 188 Å². The number of carbonyl (C=O) groups excluding carboxylic acids is 1. The van der Waals surface area contributed by atoms with Gasteiger partial charge in [0.15, 0.2) is 10.7 Å². The van der Waals surface area contributed by atoms with Crippen LogP contribution in [0, 0.1) is 10.1 Å². The monoisotopic (exact) mass is 478 g/mol. The zero-order chi connectivity index (χ0) is 22.6. The molecule has 0 saturated heterocycles. The normalized spacial score (nSPS) is 13.4. The van der Waals surface area contributed by atoms with Crippen molar-refractivity contribution in [1.29, 1.82) is 0 Å². The second kappa shape index (κ2) is 9.57. The molecule has 1 N–H and O–H groups in total. The Morgan fingerprint density at radius 2 is 1.52 bits per heavy atom. The predicted molar refractivity (Wildman–Crippen MR) is 118 cm³/mol. The number of sulfonamides is 1. The maximum absolute atomic E-state index is 13.0. The molecule has 3 aromatic rings. The zero-order valence-corrected chi connectivity index (χ0v) is 18.1. The molecule has 0 aliphatic heterocycles. The molecule has 160 valence electrons. The van der Waals surface area contributed by atoms with Crippen LogP contribution in [0.1, 0.15) is 22.0 Å². The SMILES string of the molecule is O=C(c1ccc(Cl)cc1)[C@@H](Cl)[C@@H](NS(=O)(=O)c1ccccc1[N+](=O)[O-])c1ccccc1. The minimum atomic E-state index is -4.40. The summed E-state index contributed by atoms with van der Waals surface area (Å²) in [5.41, 5.74) is 0.0826. The molecular formula is C21H16Cl2N2O5S. The van der Waals surface area contributed by atoms with Gasteiger partial charge in [-0.2, -0.15) is 0 Å². The number of carbonyl (C=O) groups is 1. The van der Waals surface area contributed by atoms with Crippen molar-refractivity contribution in [3.05, 3.63) is 105 Å². The molecule has 0 saturated carbocycles. The number of rotatable bonds is 8. The van der Waals surface area contributed by atoms with Crippen LogP contribution in [0.25, 0.3) is 0 Å². The highest BCUT2D eigenvalue weighted by Gasteiger charge is 2.34. The Bertz CT molecular complexity index is 1200. The molecule has 0 aromatic heterocycles. The summed E-state index contributed by atoms with van der Waals surface area (Å²) in [7, 11) is -4.40. The average Bonchev–Trinajstić information content (AvgIpc) is 2.77. The molecule has 0 fully saturated rings. The smallest absolute Gasteiger partial charge is 0.289 e. The molecule has 2 atom stereocenters. The minimum Gasteiger partial charge on any atom is -0.292 e. The van der Waals surface area contributed by atoms with E-state index in [9.17, 15) is 23.3 Å². The average molecular weight is 479 g/mol. The Morgan fingerprint density at radius 1 is 0.935 bits per heavy atom. The van der Waals surface area contributed by atoms with E-state index in [-0.39, 0.29) is 5.56 Å². The molecule has 0 heterocycles. The largest absolute Gasteiger partial charge is 0.292 e. The fourth-order valence-corrected chi connectivity index (χ4v) is 4.89. The molecule has 0 bridgehead atoms. The molecule has 0 aliphatic rings. The first-order valence-electron chi connectivity index (χ1n) is 8.95. The number of para-hydroxylation sites is 1. The number of alkyl halides is 1. The standard InChI is InChI=1S/C21H16Cl2N2O5S/c22-16-12-10-15(11-13-16)21(26)19(23)20(14-6-2-1-3-7-14)24-31(29,30)18-9-5-4-8-17(18)25(27)28/h1-13,19-20,24H/t19-,20-/m0/s1. The Balaban J connectivity index is 2.02. The predicted octanol–water partition coefficient (Wildman–Crippen LogP) is 4.76. The summed E-state index contributed by atoms with van der Waals surface area (Å²) in [5.74, 6) is -0.530. The first kappa shape index (κ1) is 22.9. The highest BCUT2D eigenvalue weighted by atomic mass is 35.5. The van der Waals surface area contributed by atoms with Gasteiger partial charge >= 0.3 is 0 Å². The van der Waals surface area contributed by atoms with Crippen molar-refractivity contribution in [3.63, 3.8) is 0 Å². The number of hydrogen-bond donors (Lipinski definition) is 1. The molecule has 0 spiro atoms. The molecule has 7 nitrogen and oxygen atoms in total. The van der Waals surface area contributed by atoms with Crippen LogP contribution in [-0.4, -0.2) is 24.5 Å².